The fourth-order valence-electron chi connectivity index (χ4n) is 1.98. The van der Waals surface area contributed by atoms with Crippen LogP contribution in [0.3, 0.4) is 0 Å². The number of carbonyl (C=O) groups is 2. The molecule has 0 unspecified atom stereocenters. The normalized spacial score (nSPS) is 24.8. The highest BCUT2D eigenvalue weighted by atomic mass is 35.6. The Morgan fingerprint density at radius 1 is 1.53 bits per heavy atom. The van der Waals surface area contributed by atoms with Gasteiger partial charge < -0.3 is 4.74 Å². The van der Waals surface area contributed by atoms with Gasteiger partial charge in [0.15, 0.2) is 5.78 Å². The molecule has 0 spiro atoms. The summed E-state index contributed by atoms with van der Waals surface area (Å²) in [6.45, 7) is 3.20. The van der Waals surface area contributed by atoms with Gasteiger partial charge >= 0.3 is 5.97 Å². The third-order valence-electron chi connectivity index (χ3n) is 2.79. The lowest BCUT2D eigenvalue weighted by Crippen LogP contribution is -2.37. The van der Waals surface area contributed by atoms with E-state index < -0.39 is 15.2 Å². The smallest absolute Gasteiger partial charge is 0.320 e. The largest absolute Gasteiger partial charge is 0.460 e. The number of ether oxygens (including phenoxy) is 1. The molecule has 1 atom stereocenters. The Morgan fingerprint density at radius 2 is 2.18 bits per heavy atom. The van der Waals surface area contributed by atoms with Crippen LogP contribution in [0.5, 0.6) is 0 Å². The Kier molecular flexibility index (Phi) is 4.87. The van der Waals surface area contributed by atoms with Gasteiger partial charge in [0, 0.05) is 6.42 Å². The number of ketones is 1. The van der Waals surface area contributed by atoms with Crippen LogP contribution in [0.1, 0.15) is 25.7 Å². The van der Waals surface area contributed by atoms with Crippen molar-refractivity contribution in [3.8, 4) is 0 Å². The Labute approximate surface area is 115 Å². The molecule has 0 aromatic heterocycles. The monoisotopic (exact) mass is 298 g/mol. The van der Waals surface area contributed by atoms with E-state index in [2.05, 4.69) is 6.58 Å². The fourth-order valence-corrected chi connectivity index (χ4v) is 2.14. The molecule has 0 aromatic carbocycles. The summed E-state index contributed by atoms with van der Waals surface area (Å²) in [4.78, 5) is 23.8. The number of alkyl halides is 3. The summed E-state index contributed by atoms with van der Waals surface area (Å²) < 4.78 is 3.25. The lowest BCUT2D eigenvalue weighted by atomic mass is 9.82. The van der Waals surface area contributed by atoms with Crippen molar-refractivity contribution < 1.29 is 14.3 Å². The number of allylic oxidation sites excluding steroid dienone is 1. The molecule has 0 radical (unpaired) electrons. The quantitative estimate of drug-likeness (QED) is 0.346. The zero-order valence-corrected chi connectivity index (χ0v) is 11.4. The van der Waals surface area contributed by atoms with E-state index in [1.165, 1.54) is 0 Å². The summed E-state index contributed by atoms with van der Waals surface area (Å²) >= 11 is 16.5. The van der Waals surface area contributed by atoms with Gasteiger partial charge in [-0.15, -0.1) is 6.58 Å². The Hall–Kier alpha value is -0.250. The number of halogens is 3. The molecule has 6 heteroatoms. The van der Waals surface area contributed by atoms with Gasteiger partial charge in [0.2, 0.25) is 3.79 Å². The van der Waals surface area contributed by atoms with E-state index in [0.29, 0.717) is 19.3 Å². The molecule has 3 nitrogen and oxygen atoms in total. The molecule has 0 amide bonds. The molecule has 1 rings (SSSR count). The second kappa shape index (κ2) is 5.59. The van der Waals surface area contributed by atoms with Crippen LogP contribution in [0, 0.1) is 5.41 Å². The minimum atomic E-state index is -1.66. The van der Waals surface area contributed by atoms with Gasteiger partial charge in [-0.3, -0.25) is 9.59 Å². The van der Waals surface area contributed by atoms with E-state index in [-0.39, 0.29) is 18.8 Å². The minimum Gasteiger partial charge on any atom is -0.460 e. The van der Waals surface area contributed by atoms with Gasteiger partial charge in [0.05, 0.1) is 0 Å². The van der Waals surface area contributed by atoms with Crippen molar-refractivity contribution >= 4 is 46.6 Å². The molecular weight excluding hydrogens is 286 g/mol. The standard InChI is InChI=1S/C11H13Cl3O3/c1-2-5-10(6-3-4-8(10)15)9(16)17-7-11(12,13)14/h2H,1,3-7H2/t10-/m0/s1. The first-order chi connectivity index (χ1) is 7.82. The van der Waals surface area contributed by atoms with Gasteiger partial charge in [0.25, 0.3) is 0 Å². The van der Waals surface area contributed by atoms with Crippen molar-refractivity contribution in [2.75, 3.05) is 6.61 Å². The van der Waals surface area contributed by atoms with Crippen molar-refractivity contribution in [3.63, 3.8) is 0 Å². The van der Waals surface area contributed by atoms with E-state index in [0.717, 1.165) is 0 Å². The predicted molar refractivity (Wildman–Crippen MR) is 67.4 cm³/mol. The molecule has 0 N–H and O–H groups in total. The summed E-state index contributed by atoms with van der Waals surface area (Å²) in [5.41, 5.74) is -1.11. The molecule has 0 saturated heterocycles. The van der Waals surface area contributed by atoms with Gasteiger partial charge in [-0.2, -0.15) is 0 Å². The molecule has 0 aromatic rings. The molecular formula is C11H13Cl3O3. The van der Waals surface area contributed by atoms with Gasteiger partial charge in [-0.05, 0) is 19.3 Å². The molecule has 96 valence electrons. The lowest BCUT2D eigenvalue weighted by Gasteiger charge is -2.24. The van der Waals surface area contributed by atoms with Crippen LogP contribution >= 0.6 is 34.8 Å². The van der Waals surface area contributed by atoms with Crippen LogP contribution < -0.4 is 0 Å². The third kappa shape index (κ3) is 3.60. The summed E-state index contributed by atoms with van der Waals surface area (Å²) in [7, 11) is 0. The summed E-state index contributed by atoms with van der Waals surface area (Å²) in [5, 5.41) is 0. The number of esters is 1. The van der Waals surface area contributed by atoms with Crippen molar-refractivity contribution in [1.82, 2.24) is 0 Å². The fraction of sp³-hybridized carbons (Fsp3) is 0.636. The number of hydrogen-bond acceptors (Lipinski definition) is 3. The Balaban J connectivity index is 2.75. The molecule has 1 aliphatic carbocycles. The highest BCUT2D eigenvalue weighted by Gasteiger charge is 2.49. The average Bonchev–Trinajstić information content (AvgIpc) is 2.57. The third-order valence-corrected chi connectivity index (χ3v) is 3.12. The highest BCUT2D eigenvalue weighted by Crippen LogP contribution is 2.40. The Morgan fingerprint density at radius 3 is 2.59 bits per heavy atom. The van der Waals surface area contributed by atoms with Gasteiger partial charge in [0.1, 0.15) is 12.0 Å². The lowest BCUT2D eigenvalue weighted by molar-refractivity contribution is -0.158. The maximum atomic E-state index is 11.9. The number of rotatable bonds is 4. The van der Waals surface area contributed by atoms with Crippen LogP contribution in [0.15, 0.2) is 12.7 Å². The van der Waals surface area contributed by atoms with E-state index in [9.17, 15) is 9.59 Å². The van der Waals surface area contributed by atoms with E-state index >= 15 is 0 Å². The number of Topliss-reactive ketones (excluding diaryl/α,β-unsaturated/α-hetero) is 1. The second-order valence-corrected chi connectivity index (χ2v) is 6.56. The molecule has 0 bridgehead atoms. The zero-order valence-electron chi connectivity index (χ0n) is 9.18. The predicted octanol–water partition coefficient (Wildman–Crippen LogP) is 3.22. The van der Waals surface area contributed by atoms with Gasteiger partial charge in [-0.25, -0.2) is 0 Å². The first-order valence-electron chi connectivity index (χ1n) is 5.20. The molecule has 17 heavy (non-hydrogen) atoms. The van der Waals surface area contributed by atoms with Crippen LogP contribution in [0.2, 0.25) is 0 Å². The van der Waals surface area contributed by atoms with Crippen molar-refractivity contribution in [3.05, 3.63) is 12.7 Å². The Bertz CT molecular complexity index is 335. The van der Waals surface area contributed by atoms with E-state index in [1.54, 1.807) is 6.08 Å². The van der Waals surface area contributed by atoms with Crippen LogP contribution in [-0.2, 0) is 14.3 Å². The van der Waals surface area contributed by atoms with Crippen LogP contribution in [0.4, 0.5) is 0 Å². The number of carbonyl (C=O) groups excluding carboxylic acids is 2. The van der Waals surface area contributed by atoms with E-state index in [4.69, 9.17) is 39.5 Å². The second-order valence-electron chi connectivity index (χ2n) is 4.04. The first kappa shape index (κ1) is 14.8. The maximum Gasteiger partial charge on any atom is 0.320 e. The SMILES string of the molecule is C=CC[C@]1(C(=O)OCC(Cl)(Cl)Cl)CCCC1=O. The van der Waals surface area contributed by atoms with Crippen molar-refractivity contribution in [1.29, 1.82) is 0 Å². The van der Waals surface area contributed by atoms with Crippen LogP contribution in [-0.4, -0.2) is 22.2 Å². The van der Waals surface area contributed by atoms with Crippen molar-refractivity contribution in [2.45, 2.75) is 29.5 Å². The molecule has 0 aliphatic heterocycles. The van der Waals surface area contributed by atoms with Crippen molar-refractivity contribution in [2.24, 2.45) is 5.41 Å². The maximum absolute atomic E-state index is 11.9. The zero-order chi connectivity index (χ0) is 13.1. The average molecular weight is 300 g/mol. The molecule has 1 aliphatic rings. The minimum absolute atomic E-state index is 0.119. The van der Waals surface area contributed by atoms with E-state index in [1.807, 2.05) is 0 Å². The molecule has 1 fully saturated rings. The number of hydrogen-bond donors (Lipinski definition) is 0. The topological polar surface area (TPSA) is 43.4 Å². The molecule has 1 saturated carbocycles. The first-order valence-corrected chi connectivity index (χ1v) is 6.33. The van der Waals surface area contributed by atoms with Gasteiger partial charge in [-0.1, -0.05) is 40.9 Å². The summed E-state index contributed by atoms with van der Waals surface area (Å²) in [6.07, 6.45) is 3.34. The summed E-state index contributed by atoms with van der Waals surface area (Å²) in [5.74, 6) is -0.738. The van der Waals surface area contributed by atoms with Crippen LogP contribution in [0.25, 0.3) is 0 Å². The summed E-state index contributed by atoms with van der Waals surface area (Å²) in [6, 6.07) is 0. The molecule has 0 heterocycles. The highest BCUT2D eigenvalue weighted by molar-refractivity contribution is 6.67.